The molecule has 1 aromatic rings. The number of hydrogen-bond donors (Lipinski definition) is 3. The molecule has 4 N–H and O–H groups in total. The minimum atomic E-state index is -3.48. The van der Waals surface area contributed by atoms with Gasteiger partial charge in [-0.25, -0.2) is 13.1 Å². The van der Waals surface area contributed by atoms with Crippen molar-refractivity contribution >= 4 is 15.7 Å². The molecule has 1 fully saturated rings. The average Bonchev–Trinajstić information content (AvgIpc) is 2.40. The van der Waals surface area contributed by atoms with Gasteiger partial charge in [0.2, 0.25) is 10.0 Å². The van der Waals surface area contributed by atoms with Crippen LogP contribution < -0.4 is 10.5 Å². The normalized spacial score (nSPS) is 18.9. The van der Waals surface area contributed by atoms with Crippen LogP contribution in [0, 0.1) is 0 Å². The number of nitrogens with one attached hydrogen (secondary N) is 1. The number of nitrogen functional groups attached to an aromatic ring is 1. The summed E-state index contributed by atoms with van der Waals surface area (Å²) in [5, 5.41) is 10.3. The smallest absolute Gasteiger partial charge is 0.215 e. The molecule has 2 rings (SSSR count). The molecule has 5 nitrogen and oxygen atoms in total. The molecule has 0 saturated heterocycles. The summed E-state index contributed by atoms with van der Waals surface area (Å²) >= 11 is 0. The second kappa shape index (κ2) is 6.11. The Morgan fingerprint density at radius 3 is 2.50 bits per heavy atom. The van der Waals surface area contributed by atoms with Crippen LogP contribution in [0.2, 0.25) is 0 Å². The van der Waals surface area contributed by atoms with E-state index in [1.165, 1.54) is 0 Å². The lowest BCUT2D eigenvalue weighted by Gasteiger charge is -2.32. The molecule has 0 radical (unpaired) electrons. The first-order valence-corrected chi connectivity index (χ1v) is 8.59. The lowest BCUT2D eigenvalue weighted by molar-refractivity contribution is 0.00944. The van der Waals surface area contributed by atoms with E-state index in [0.29, 0.717) is 24.1 Å². The predicted octanol–water partition coefficient (Wildman–Crippen LogP) is 1.38. The van der Waals surface area contributed by atoms with Crippen molar-refractivity contribution < 1.29 is 13.5 Å². The van der Waals surface area contributed by atoms with Crippen LogP contribution in [0.4, 0.5) is 5.69 Å². The molecule has 0 heterocycles. The molecule has 1 aliphatic rings. The number of sulfonamides is 1. The van der Waals surface area contributed by atoms with Gasteiger partial charge < -0.3 is 10.8 Å². The molecule has 0 aliphatic heterocycles. The number of rotatable bonds is 5. The molecule has 1 aromatic carbocycles. The fraction of sp³-hybridized carbons (Fsp3) is 0.571. The van der Waals surface area contributed by atoms with Gasteiger partial charge in [-0.05, 0) is 24.5 Å². The highest BCUT2D eigenvalue weighted by atomic mass is 32.2. The van der Waals surface area contributed by atoms with Crippen LogP contribution in [0.5, 0.6) is 0 Å². The predicted molar refractivity (Wildman–Crippen MR) is 79.5 cm³/mol. The van der Waals surface area contributed by atoms with Crippen LogP contribution in [-0.4, -0.2) is 25.7 Å². The van der Waals surface area contributed by atoms with E-state index in [9.17, 15) is 13.5 Å². The molecule has 0 spiro atoms. The number of aliphatic hydroxyl groups is 1. The Hall–Kier alpha value is -1.11. The molecular weight excluding hydrogens is 276 g/mol. The summed E-state index contributed by atoms with van der Waals surface area (Å²) in [6.45, 7) is 0.0854. The van der Waals surface area contributed by atoms with Gasteiger partial charge in [0.25, 0.3) is 0 Å². The Labute approximate surface area is 120 Å². The topological polar surface area (TPSA) is 92.4 Å². The van der Waals surface area contributed by atoms with E-state index < -0.39 is 15.6 Å². The van der Waals surface area contributed by atoms with E-state index in [0.717, 1.165) is 19.3 Å². The van der Waals surface area contributed by atoms with Crippen LogP contribution in [0.15, 0.2) is 24.3 Å². The van der Waals surface area contributed by atoms with Gasteiger partial charge in [0.15, 0.2) is 0 Å². The second-order valence-corrected chi connectivity index (χ2v) is 7.37. The zero-order valence-corrected chi connectivity index (χ0v) is 12.3. The first-order chi connectivity index (χ1) is 9.40. The Balaban J connectivity index is 1.96. The molecule has 6 heteroatoms. The highest BCUT2D eigenvalue weighted by Gasteiger charge is 2.30. The standard InChI is InChI=1S/C14H22N2O3S/c15-13-7-3-2-6-12(13)10-20(18,19)16-11-14(17)8-4-1-5-9-14/h2-3,6-7,16-17H,1,4-5,8-11,15H2. The maximum absolute atomic E-state index is 12.1. The van der Waals surface area contributed by atoms with Crippen molar-refractivity contribution in [2.75, 3.05) is 12.3 Å². The van der Waals surface area contributed by atoms with Gasteiger partial charge in [-0.2, -0.15) is 0 Å². The SMILES string of the molecule is Nc1ccccc1CS(=O)(=O)NCC1(O)CCCCC1. The second-order valence-electron chi connectivity index (χ2n) is 5.56. The van der Waals surface area contributed by atoms with E-state index in [4.69, 9.17) is 5.73 Å². The van der Waals surface area contributed by atoms with Crippen LogP contribution in [0.3, 0.4) is 0 Å². The molecule has 20 heavy (non-hydrogen) atoms. The van der Waals surface area contributed by atoms with Gasteiger partial charge in [0, 0.05) is 12.2 Å². The monoisotopic (exact) mass is 298 g/mol. The van der Waals surface area contributed by atoms with Crippen molar-refractivity contribution in [2.45, 2.75) is 43.5 Å². The lowest BCUT2D eigenvalue weighted by atomic mass is 9.85. The van der Waals surface area contributed by atoms with Gasteiger partial charge in [-0.3, -0.25) is 0 Å². The molecule has 1 saturated carbocycles. The summed E-state index contributed by atoms with van der Waals surface area (Å²) in [4.78, 5) is 0. The first-order valence-electron chi connectivity index (χ1n) is 6.93. The molecule has 0 aromatic heterocycles. The van der Waals surface area contributed by atoms with E-state index in [1.807, 2.05) is 0 Å². The fourth-order valence-corrected chi connectivity index (χ4v) is 3.82. The Morgan fingerprint density at radius 1 is 1.20 bits per heavy atom. The van der Waals surface area contributed by atoms with Crippen molar-refractivity contribution in [3.05, 3.63) is 29.8 Å². The summed E-state index contributed by atoms with van der Waals surface area (Å²) in [6.07, 6.45) is 4.31. The number of nitrogens with two attached hydrogens (primary N) is 1. The van der Waals surface area contributed by atoms with Gasteiger partial charge in [0.05, 0.1) is 11.4 Å². The van der Waals surface area contributed by atoms with Crippen LogP contribution in [-0.2, 0) is 15.8 Å². The highest BCUT2D eigenvalue weighted by molar-refractivity contribution is 7.88. The highest BCUT2D eigenvalue weighted by Crippen LogP contribution is 2.27. The number of benzene rings is 1. The molecule has 0 atom stereocenters. The third-order valence-electron chi connectivity index (χ3n) is 3.81. The summed E-state index contributed by atoms with van der Waals surface area (Å²) < 4.78 is 26.6. The molecule has 112 valence electrons. The number of anilines is 1. The molecule has 1 aliphatic carbocycles. The minimum absolute atomic E-state index is 0.0854. The van der Waals surface area contributed by atoms with Crippen molar-refractivity contribution in [1.29, 1.82) is 0 Å². The van der Waals surface area contributed by atoms with Crippen molar-refractivity contribution in [3.63, 3.8) is 0 Å². The lowest BCUT2D eigenvalue weighted by Crippen LogP contribution is -2.44. The van der Waals surface area contributed by atoms with Crippen molar-refractivity contribution in [3.8, 4) is 0 Å². The first kappa shape index (κ1) is 15.3. The third kappa shape index (κ3) is 4.19. The summed E-state index contributed by atoms with van der Waals surface area (Å²) in [7, 11) is -3.48. The quantitative estimate of drug-likeness (QED) is 0.716. The Bertz CT molecular complexity index is 551. The number of para-hydroxylation sites is 1. The maximum atomic E-state index is 12.1. The summed E-state index contributed by atoms with van der Waals surface area (Å²) in [5.41, 5.74) is 5.90. The maximum Gasteiger partial charge on any atom is 0.215 e. The van der Waals surface area contributed by atoms with E-state index in [1.54, 1.807) is 24.3 Å². The summed E-state index contributed by atoms with van der Waals surface area (Å²) in [5.74, 6) is -0.157. The van der Waals surface area contributed by atoms with E-state index in [-0.39, 0.29) is 12.3 Å². The Morgan fingerprint density at radius 2 is 1.85 bits per heavy atom. The van der Waals surface area contributed by atoms with Gasteiger partial charge in [-0.1, -0.05) is 37.5 Å². The molecule has 0 unspecified atom stereocenters. The molecular formula is C14H22N2O3S. The fourth-order valence-electron chi connectivity index (χ4n) is 2.55. The average molecular weight is 298 g/mol. The Kier molecular flexibility index (Phi) is 4.67. The largest absolute Gasteiger partial charge is 0.398 e. The molecule has 0 amide bonds. The molecule has 0 bridgehead atoms. The number of hydrogen-bond acceptors (Lipinski definition) is 4. The third-order valence-corrected chi connectivity index (χ3v) is 5.08. The minimum Gasteiger partial charge on any atom is -0.398 e. The van der Waals surface area contributed by atoms with Gasteiger partial charge >= 0.3 is 0 Å². The van der Waals surface area contributed by atoms with Crippen molar-refractivity contribution in [2.24, 2.45) is 0 Å². The van der Waals surface area contributed by atoms with Crippen LogP contribution >= 0.6 is 0 Å². The van der Waals surface area contributed by atoms with Gasteiger partial charge in [-0.15, -0.1) is 0 Å². The zero-order chi connectivity index (χ0) is 14.6. The van der Waals surface area contributed by atoms with Crippen LogP contribution in [0.1, 0.15) is 37.7 Å². The zero-order valence-electron chi connectivity index (χ0n) is 11.5. The van der Waals surface area contributed by atoms with Crippen molar-refractivity contribution in [1.82, 2.24) is 4.72 Å². The van der Waals surface area contributed by atoms with Crippen LogP contribution in [0.25, 0.3) is 0 Å². The van der Waals surface area contributed by atoms with E-state index >= 15 is 0 Å². The van der Waals surface area contributed by atoms with E-state index in [2.05, 4.69) is 4.72 Å². The van der Waals surface area contributed by atoms with Gasteiger partial charge in [0.1, 0.15) is 0 Å². The summed E-state index contributed by atoms with van der Waals surface area (Å²) in [6, 6.07) is 6.91.